The molecule has 0 atom stereocenters. The highest BCUT2D eigenvalue weighted by Gasteiger charge is 2.16. The zero-order valence-corrected chi connectivity index (χ0v) is 17.8. The zero-order valence-electron chi connectivity index (χ0n) is 17.0. The monoisotopic (exact) mass is 432 g/mol. The van der Waals surface area contributed by atoms with Crippen LogP contribution in [-0.2, 0) is 19.1 Å². The third kappa shape index (κ3) is 8.13. The van der Waals surface area contributed by atoms with Crippen molar-refractivity contribution in [2.75, 3.05) is 32.1 Å². The Kier molecular flexibility index (Phi) is 9.15. The van der Waals surface area contributed by atoms with Crippen molar-refractivity contribution in [1.82, 2.24) is 4.90 Å². The number of benzene rings is 2. The van der Waals surface area contributed by atoms with Gasteiger partial charge in [0, 0.05) is 13.5 Å². The van der Waals surface area contributed by atoms with Crippen molar-refractivity contribution in [3.8, 4) is 5.75 Å². The Hall–Kier alpha value is -3.06. The number of rotatable bonds is 10. The standard InChI is InChI=1S/C22H25ClN2O5/c1-16-7-5-8-17(13-16)29-12-6-11-22(28)30-15-21(27)25(2)14-20(26)24-19-10-4-3-9-18(19)23/h3-5,7-10,13H,6,11-12,14-15H2,1-2H3,(H,24,26). The van der Waals surface area contributed by atoms with Crippen molar-refractivity contribution >= 4 is 35.1 Å². The fourth-order valence-electron chi connectivity index (χ4n) is 2.49. The quantitative estimate of drug-likeness (QED) is 0.459. The highest BCUT2D eigenvalue weighted by atomic mass is 35.5. The van der Waals surface area contributed by atoms with E-state index in [0.29, 0.717) is 23.7 Å². The maximum Gasteiger partial charge on any atom is 0.306 e. The second-order valence-corrected chi connectivity index (χ2v) is 7.11. The highest BCUT2D eigenvalue weighted by molar-refractivity contribution is 6.33. The molecule has 0 aliphatic rings. The number of nitrogens with zero attached hydrogens (tertiary/aromatic N) is 1. The number of carbonyl (C=O) groups is 3. The smallest absolute Gasteiger partial charge is 0.306 e. The molecule has 0 heterocycles. The van der Waals surface area contributed by atoms with Crippen molar-refractivity contribution in [2.45, 2.75) is 19.8 Å². The van der Waals surface area contributed by atoms with Crippen LogP contribution in [-0.4, -0.2) is 49.5 Å². The molecule has 2 amide bonds. The van der Waals surface area contributed by atoms with Crippen LogP contribution in [0.15, 0.2) is 48.5 Å². The molecular weight excluding hydrogens is 408 g/mol. The highest BCUT2D eigenvalue weighted by Crippen LogP contribution is 2.20. The molecule has 0 radical (unpaired) electrons. The van der Waals surface area contributed by atoms with E-state index in [2.05, 4.69) is 5.32 Å². The molecule has 0 aliphatic heterocycles. The molecule has 0 unspecified atom stereocenters. The van der Waals surface area contributed by atoms with Gasteiger partial charge in [-0.25, -0.2) is 0 Å². The largest absolute Gasteiger partial charge is 0.494 e. The lowest BCUT2D eigenvalue weighted by molar-refractivity contribution is -0.152. The SMILES string of the molecule is Cc1cccc(OCCCC(=O)OCC(=O)N(C)CC(=O)Nc2ccccc2Cl)c1. The molecule has 2 rings (SSSR count). The number of halogens is 1. The Balaban J connectivity index is 1.63. The Labute approximate surface area is 180 Å². The Morgan fingerprint density at radius 1 is 1.10 bits per heavy atom. The Bertz CT molecular complexity index is 887. The molecule has 0 bridgehead atoms. The fourth-order valence-corrected chi connectivity index (χ4v) is 2.68. The number of ether oxygens (including phenoxy) is 2. The molecule has 7 nitrogen and oxygen atoms in total. The Morgan fingerprint density at radius 3 is 2.60 bits per heavy atom. The third-order valence-corrected chi connectivity index (χ3v) is 4.42. The van der Waals surface area contributed by atoms with Gasteiger partial charge in [0.15, 0.2) is 6.61 Å². The number of esters is 1. The third-order valence-electron chi connectivity index (χ3n) is 4.09. The first-order valence-electron chi connectivity index (χ1n) is 9.48. The summed E-state index contributed by atoms with van der Waals surface area (Å²) in [5.41, 5.74) is 1.56. The van der Waals surface area contributed by atoms with Gasteiger partial charge in [0.05, 0.1) is 23.9 Å². The van der Waals surface area contributed by atoms with Crippen LogP contribution in [0.2, 0.25) is 5.02 Å². The molecule has 0 fully saturated rings. The van der Waals surface area contributed by atoms with Crippen LogP contribution in [0.4, 0.5) is 5.69 Å². The van der Waals surface area contributed by atoms with E-state index < -0.39 is 24.4 Å². The van der Waals surface area contributed by atoms with E-state index in [0.717, 1.165) is 11.3 Å². The predicted molar refractivity (Wildman–Crippen MR) is 115 cm³/mol. The number of nitrogens with one attached hydrogen (secondary N) is 1. The number of hydrogen-bond acceptors (Lipinski definition) is 5. The topological polar surface area (TPSA) is 84.9 Å². The molecule has 1 N–H and O–H groups in total. The number of likely N-dealkylation sites (N-methyl/N-ethyl adjacent to an activating group) is 1. The van der Waals surface area contributed by atoms with Crippen LogP contribution >= 0.6 is 11.6 Å². The van der Waals surface area contributed by atoms with E-state index in [1.54, 1.807) is 24.3 Å². The van der Waals surface area contributed by atoms with Crippen molar-refractivity contribution in [1.29, 1.82) is 0 Å². The summed E-state index contributed by atoms with van der Waals surface area (Å²) in [6.45, 7) is 1.73. The lowest BCUT2D eigenvalue weighted by Crippen LogP contribution is -2.37. The summed E-state index contributed by atoms with van der Waals surface area (Å²) < 4.78 is 10.5. The summed E-state index contributed by atoms with van der Waals surface area (Å²) in [4.78, 5) is 37.1. The molecule has 0 saturated heterocycles. The van der Waals surface area contributed by atoms with E-state index in [9.17, 15) is 14.4 Å². The minimum atomic E-state index is -0.495. The van der Waals surface area contributed by atoms with E-state index in [4.69, 9.17) is 21.1 Å². The van der Waals surface area contributed by atoms with Gasteiger partial charge in [0.1, 0.15) is 5.75 Å². The number of hydrogen-bond donors (Lipinski definition) is 1. The van der Waals surface area contributed by atoms with Crippen molar-refractivity contribution < 1.29 is 23.9 Å². The molecule has 160 valence electrons. The summed E-state index contributed by atoms with van der Waals surface area (Å²) in [5.74, 6) is -0.632. The first-order chi connectivity index (χ1) is 14.3. The number of amides is 2. The summed E-state index contributed by atoms with van der Waals surface area (Å²) in [6.07, 6.45) is 0.604. The number of para-hydroxylation sites is 1. The molecule has 2 aromatic carbocycles. The summed E-state index contributed by atoms with van der Waals surface area (Å²) in [7, 11) is 1.46. The van der Waals surface area contributed by atoms with E-state index in [-0.39, 0.29) is 13.0 Å². The molecule has 0 aromatic heterocycles. The van der Waals surface area contributed by atoms with Gasteiger partial charge >= 0.3 is 5.97 Å². The number of carbonyl (C=O) groups excluding carboxylic acids is 3. The van der Waals surface area contributed by atoms with Crippen molar-refractivity contribution in [2.24, 2.45) is 0 Å². The Morgan fingerprint density at radius 2 is 1.87 bits per heavy atom. The van der Waals surface area contributed by atoms with Crippen LogP contribution in [0, 0.1) is 6.92 Å². The number of aryl methyl sites for hydroxylation is 1. The van der Waals surface area contributed by atoms with Gasteiger partial charge in [-0.1, -0.05) is 35.9 Å². The molecule has 30 heavy (non-hydrogen) atoms. The molecule has 0 spiro atoms. The van der Waals surface area contributed by atoms with E-state index >= 15 is 0 Å². The zero-order chi connectivity index (χ0) is 21.9. The second kappa shape index (κ2) is 11.8. The van der Waals surface area contributed by atoms with Gasteiger partial charge in [-0.3, -0.25) is 14.4 Å². The van der Waals surface area contributed by atoms with Crippen LogP contribution in [0.25, 0.3) is 0 Å². The molecule has 2 aromatic rings. The first-order valence-corrected chi connectivity index (χ1v) is 9.86. The number of anilines is 1. The maximum atomic E-state index is 12.1. The molecule has 8 heteroatoms. The summed E-state index contributed by atoms with van der Waals surface area (Å²) in [5, 5.41) is 3.03. The average Bonchev–Trinajstić information content (AvgIpc) is 2.71. The van der Waals surface area contributed by atoms with E-state index in [1.807, 2.05) is 31.2 Å². The van der Waals surface area contributed by atoms with Gasteiger partial charge in [-0.05, 0) is 43.2 Å². The van der Waals surface area contributed by atoms with Crippen LogP contribution in [0.3, 0.4) is 0 Å². The lowest BCUT2D eigenvalue weighted by atomic mass is 10.2. The van der Waals surface area contributed by atoms with Crippen molar-refractivity contribution in [3.05, 3.63) is 59.1 Å². The minimum absolute atomic E-state index is 0.135. The molecular formula is C22H25ClN2O5. The summed E-state index contributed by atoms with van der Waals surface area (Å²) >= 11 is 5.98. The van der Waals surface area contributed by atoms with Gasteiger partial charge in [0.2, 0.25) is 5.91 Å². The summed E-state index contributed by atoms with van der Waals surface area (Å²) in [6, 6.07) is 14.4. The van der Waals surface area contributed by atoms with Gasteiger partial charge in [0.25, 0.3) is 5.91 Å². The van der Waals surface area contributed by atoms with Crippen LogP contribution < -0.4 is 10.1 Å². The maximum absolute atomic E-state index is 12.1. The van der Waals surface area contributed by atoms with Gasteiger partial charge < -0.3 is 19.7 Å². The first kappa shape index (κ1) is 23.2. The van der Waals surface area contributed by atoms with Crippen LogP contribution in [0.1, 0.15) is 18.4 Å². The van der Waals surface area contributed by atoms with Crippen molar-refractivity contribution in [3.63, 3.8) is 0 Å². The molecule has 0 saturated carbocycles. The normalized spacial score (nSPS) is 10.2. The molecule has 0 aliphatic carbocycles. The minimum Gasteiger partial charge on any atom is -0.494 e. The van der Waals surface area contributed by atoms with Gasteiger partial charge in [-0.15, -0.1) is 0 Å². The van der Waals surface area contributed by atoms with E-state index in [1.165, 1.54) is 11.9 Å². The van der Waals surface area contributed by atoms with Crippen LogP contribution in [0.5, 0.6) is 5.75 Å². The second-order valence-electron chi connectivity index (χ2n) is 6.71. The lowest BCUT2D eigenvalue weighted by Gasteiger charge is -2.17. The fraction of sp³-hybridized carbons (Fsp3) is 0.318. The average molecular weight is 433 g/mol. The predicted octanol–water partition coefficient (Wildman–Crippen LogP) is 3.45. The van der Waals surface area contributed by atoms with Gasteiger partial charge in [-0.2, -0.15) is 0 Å².